The summed E-state index contributed by atoms with van der Waals surface area (Å²) in [6.07, 6.45) is 1.62. The Morgan fingerprint density at radius 1 is 1.05 bits per heavy atom. The van der Waals surface area contributed by atoms with Gasteiger partial charge in [0.1, 0.15) is 11.5 Å². The highest BCUT2D eigenvalue weighted by molar-refractivity contribution is 6.42. The van der Waals surface area contributed by atoms with Gasteiger partial charge < -0.3 is 10.5 Å². The molecular weight excluding hydrogens is 329 g/mol. The first kappa shape index (κ1) is 16.4. The molecule has 1 unspecified atom stereocenters. The minimum Gasteiger partial charge on any atom is -0.457 e. The largest absolute Gasteiger partial charge is 0.457 e. The molecule has 2 rings (SSSR count). The smallest absolute Gasteiger partial charge is 0.132 e. The quantitative estimate of drug-likeness (QED) is 0.753. The van der Waals surface area contributed by atoms with Gasteiger partial charge in [-0.3, -0.25) is 0 Å². The van der Waals surface area contributed by atoms with E-state index in [2.05, 4.69) is 6.92 Å². The third kappa shape index (κ3) is 4.52. The van der Waals surface area contributed by atoms with Crippen LogP contribution in [0.4, 0.5) is 0 Å². The number of nitrogens with two attached hydrogens (primary N) is 1. The van der Waals surface area contributed by atoms with Crippen LogP contribution < -0.4 is 10.5 Å². The summed E-state index contributed by atoms with van der Waals surface area (Å²) in [7, 11) is 0. The Kier molecular flexibility index (Phi) is 5.77. The zero-order valence-corrected chi connectivity index (χ0v) is 13.8. The Labute approximate surface area is 139 Å². The minimum atomic E-state index is 0.0855. The van der Waals surface area contributed by atoms with E-state index >= 15 is 0 Å². The van der Waals surface area contributed by atoms with Crippen LogP contribution in [0.15, 0.2) is 36.4 Å². The van der Waals surface area contributed by atoms with Crippen LogP contribution in [0.3, 0.4) is 0 Å². The fourth-order valence-corrected chi connectivity index (χ4v) is 2.34. The number of rotatable bonds is 5. The molecule has 0 aliphatic carbocycles. The number of benzene rings is 2. The molecule has 0 saturated carbocycles. The molecule has 2 nitrogen and oxygen atoms in total. The normalized spacial score (nSPS) is 12.2. The molecule has 2 N–H and O–H groups in total. The van der Waals surface area contributed by atoms with E-state index in [0.717, 1.165) is 18.4 Å². The van der Waals surface area contributed by atoms with Crippen molar-refractivity contribution in [2.24, 2.45) is 5.73 Å². The molecule has 2 aromatic rings. The van der Waals surface area contributed by atoms with Crippen molar-refractivity contribution in [1.82, 2.24) is 0 Å². The molecular formula is C16H16Cl3NO. The summed E-state index contributed by atoms with van der Waals surface area (Å²) in [5.41, 5.74) is 7.04. The van der Waals surface area contributed by atoms with E-state index in [9.17, 15) is 0 Å². The van der Waals surface area contributed by atoms with E-state index in [-0.39, 0.29) is 6.04 Å². The molecule has 0 aliphatic rings. The van der Waals surface area contributed by atoms with Crippen molar-refractivity contribution in [3.8, 4) is 11.5 Å². The number of halogens is 3. The topological polar surface area (TPSA) is 35.2 Å². The highest BCUT2D eigenvalue weighted by Gasteiger charge is 2.10. The minimum absolute atomic E-state index is 0.0855. The molecule has 21 heavy (non-hydrogen) atoms. The number of ether oxygens (including phenoxy) is 1. The van der Waals surface area contributed by atoms with Gasteiger partial charge in [-0.2, -0.15) is 0 Å². The average molecular weight is 345 g/mol. The van der Waals surface area contributed by atoms with Crippen molar-refractivity contribution in [1.29, 1.82) is 0 Å². The van der Waals surface area contributed by atoms with Crippen molar-refractivity contribution >= 4 is 34.8 Å². The summed E-state index contributed by atoms with van der Waals surface area (Å²) < 4.78 is 5.89. The first-order valence-electron chi connectivity index (χ1n) is 6.66. The third-order valence-electron chi connectivity index (χ3n) is 3.15. The second kappa shape index (κ2) is 7.37. The lowest BCUT2D eigenvalue weighted by Crippen LogP contribution is -2.21. The van der Waals surface area contributed by atoms with Crippen molar-refractivity contribution in [2.75, 3.05) is 0 Å². The van der Waals surface area contributed by atoms with Crippen LogP contribution in [0.2, 0.25) is 15.1 Å². The first-order valence-corrected chi connectivity index (χ1v) is 7.80. The molecule has 0 bridgehead atoms. The van der Waals surface area contributed by atoms with E-state index in [1.165, 1.54) is 0 Å². The molecule has 2 aromatic carbocycles. The van der Waals surface area contributed by atoms with Gasteiger partial charge in [-0.25, -0.2) is 0 Å². The van der Waals surface area contributed by atoms with E-state index in [1.54, 1.807) is 24.3 Å². The molecule has 0 radical (unpaired) electrons. The Balaban J connectivity index is 2.28. The maximum absolute atomic E-state index is 6.05. The monoisotopic (exact) mass is 343 g/mol. The summed E-state index contributed by atoms with van der Waals surface area (Å²) in [4.78, 5) is 0. The summed E-state index contributed by atoms with van der Waals surface area (Å²) in [5, 5.41) is 1.55. The van der Waals surface area contributed by atoms with Crippen LogP contribution in [0.5, 0.6) is 11.5 Å². The van der Waals surface area contributed by atoms with Crippen molar-refractivity contribution in [3.05, 3.63) is 57.0 Å². The van der Waals surface area contributed by atoms with Gasteiger partial charge in [0.2, 0.25) is 0 Å². The summed E-state index contributed by atoms with van der Waals surface area (Å²) >= 11 is 18.0. The van der Waals surface area contributed by atoms with Crippen LogP contribution >= 0.6 is 34.8 Å². The van der Waals surface area contributed by atoms with Crippen LogP contribution in [0.1, 0.15) is 18.9 Å². The van der Waals surface area contributed by atoms with Crippen LogP contribution in [-0.2, 0) is 6.42 Å². The highest BCUT2D eigenvalue weighted by atomic mass is 35.5. The fourth-order valence-electron chi connectivity index (χ4n) is 1.89. The molecule has 0 heterocycles. The predicted octanol–water partition coefficient (Wildman–Crippen LogP) is 5.72. The van der Waals surface area contributed by atoms with E-state index in [1.807, 2.05) is 12.1 Å². The Morgan fingerprint density at radius 2 is 1.81 bits per heavy atom. The maximum atomic E-state index is 6.05. The lowest BCUT2D eigenvalue weighted by Gasteiger charge is -2.15. The Hall–Kier alpha value is -0.930. The standard InChI is InChI=1S/C16H16Cl3NO/c1-2-12(20)7-10-3-4-11(17)8-16(10)21-13-5-6-14(18)15(19)9-13/h3-6,8-9,12H,2,7,20H2,1H3. The zero-order chi connectivity index (χ0) is 15.4. The van der Waals surface area contributed by atoms with Crippen molar-refractivity contribution in [3.63, 3.8) is 0 Å². The second-order valence-corrected chi connectivity index (χ2v) is 6.05. The van der Waals surface area contributed by atoms with Crippen LogP contribution in [-0.4, -0.2) is 6.04 Å². The van der Waals surface area contributed by atoms with E-state index in [4.69, 9.17) is 45.3 Å². The van der Waals surface area contributed by atoms with Gasteiger partial charge in [-0.15, -0.1) is 0 Å². The summed E-state index contributed by atoms with van der Waals surface area (Å²) in [5.74, 6) is 1.29. The van der Waals surface area contributed by atoms with Gasteiger partial charge in [0.15, 0.2) is 0 Å². The molecule has 1 atom stereocenters. The Morgan fingerprint density at radius 3 is 2.48 bits per heavy atom. The van der Waals surface area contributed by atoms with Gasteiger partial charge in [-0.05, 0) is 42.7 Å². The SMILES string of the molecule is CCC(N)Cc1ccc(Cl)cc1Oc1ccc(Cl)c(Cl)c1. The van der Waals surface area contributed by atoms with Crippen LogP contribution in [0, 0.1) is 0 Å². The lowest BCUT2D eigenvalue weighted by atomic mass is 10.0. The first-order chi connectivity index (χ1) is 9.99. The fraction of sp³-hybridized carbons (Fsp3) is 0.250. The van der Waals surface area contributed by atoms with Crippen molar-refractivity contribution < 1.29 is 4.74 Å². The third-order valence-corrected chi connectivity index (χ3v) is 4.13. The second-order valence-electron chi connectivity index (χ2n) is 4.80. The van der Waals surface area contributed by atoms with Gasteiger partial charge in [0, 0.05) is 17.1 Å². The maximum Gasteiger partial charge on any atom is 0.132 e. The zero-order valence-electron chi connectivity index (χ0n) is 11.6. The Bertz CT molecular complexity index is 631. The molecule has 5 heteroatoms. The van der Waals surface area contributed by atoms with Gasteiger partial charge in [0.25, 0.3) is 0 Å². The number of hydrogen-bond acceptors (Lipinski definition) is 2. The lowest BCUT2D eigenvalue weighted by molar-refractivity contribution is 0.472. The molecule has 0 amide bonds. The molecule has 112 valence electrons. The van der Waals surface area contributed by atoms with Crippen LogP contribution in [0.25, 0.3) is 0 Å². The van der Waals surface area contributed by atoms with E-state index < -0.39 is 0 Å². The molecule has 0 fully saturated rings. The molecule has 0 saturated heterocycles. The van der Waals surface area contributed by atoms with Gasteiger partial charge in [0.05, 0.1) is 10.0 Å². The van der Waals surface area contributed by atoms with Gasteiger partial charge >= 0.3 is 0 Å². The predicted molar refractivity (Wildman–Crippen MR) is 90.0 cm³/mol. The molecule has 0 aliphatic heterocycles. The number of hydrogen-bond donors (Lipinski definition) is 1. The van der Waals surface area contributed by atoms with Gasteiger partial charge in [-0.1, -0.05) is 47.8 Å². The average Bonchev–Trinajstić information content (AvgIpc) is 2.45. The highest BCUT2D eigenvalue weighted by Crippen LogP contribution is 2.32. The molecule has 0 aromatic heterocycles. The van der Waals surface area contributed by atoms with E-state index in [0.29, 0.717) is 26.6 Å². The summed E-state index contributed by atoms with van der Waals surface area (Å²) in [6.45, 7) is 2.06. The van der Waals surface area contributed by atoms with Crippen molar-refractivity contribution in [2.45, 2.75) is 25.8 Å². The summed E-state index contributed by atoms with van der Waals surface area (Å²) in [6, 6.07) is 10.8. The molecule has 0 spiro atoms.